The second kappa shape index (κ2) is 16.6. The minimum atomic E-state index is -1.74. The Hall–Kier alpha value is -2.01. The van der Waals surface area contributed by atoms with Gasteiger partial charge in [0, 0.05) is 23.7 Å². The Morgan fingerprint density at radius 1 is 0.875 bits per heavy atom. The van der Waals surface area contributed by atoms with Crippen molar-refractivity contribution in [3.8, 4) is 0 Å². The van der Waals surface area contributed by atoms with Crippen molar-refractivity contribution in [2.75, 3.05) is 7.11 Å². The number of hydrogen-bond acceptors (Lipinski definition) is 14. The maximum atomic E-state index is 14.0. The fraction of sp³-hybridized carbons (Fsp3) is 0.881. The zero-order valence-electron chi connectivity index (χ0n) is 34.2. The van der Waals surface area contributed by atoms with Crippen LogP contribution in [0.1, 0.15) is 106 Å². The van der Waals surface area contributed by atoms with Crippen LogP contribution in [0.2, 0.25) is 0 Å². The topological polar surface area (TPSA) is 219 Å². The number of aliphatic hydroxyl groups is 6. The lowest BCUT2D eigenvalue weighted by molar-refractivity contribution is -0.356. The van der Waals surface area contributed by atoms with Crippen LogP contribution in [0, 0.1) is 52.3 Å². The summed E-state index contributed by atoms with van der Waals surface area (Å²) in [6.07, 6.45) is -9.15. The number of carbonyl (C=O) groups is 3. The van der Waals surface area contributed by atoms with E-state index in [-0.39, 0.29) is 70.3 Å². The molecule has 19 atom stereocenters. The van der Waals surface area contributed by atoms with Crippen LogP contribution < -0.4 is 0 Å². The largest absolute Gasteiger partial charge is 0.504 e. The summed E-state index contributed by atoms with van der Waals surface area (Å²) in [5.74, 6) is -0.823. The summed E-state index contributed by atoms with van der Waals surface area (Å²) in [7, 11) is 1.13. The summed E-state index contributed by atoms with van der Waals surface area (Å²) in [4.78, 5) is 40.3. The van der Waals surface area contributed by atoms with Crippen molar-refractivity contribution in [2.45, 2.75) is 174 Å². The number of Topliss-reactive ketones (excluding diaryl/α,β-unsaturated/α-hetero) is 2. The van der Waals surface area contributed by atoms with Crippen molar-refractivity contribution in [1.29, 1.82) is 0 Å². The molecule has 2 heterocycles. The first-order chi connectivity index (χ1) is 26.3. The lowest BCUT2D eigenvalue weighted by atomic mass is 9.44. The van der Waals surface area contributed by atoms with Gasteiger partial charge in [-0.25, -0.2) is 4.79 Å². The Morgan fingerprint density at radius 2 is 1.54 bits per heavy atom. The van der Waals surface area contributed by atoms with Crippen LogP contribution in [0.4, 0.5) is 0 Å². The lowest BCUT2D eigenvalue weighted by Crippen LogP contribution is -2.65. The summed E-state index contributed by atoms with van der Waals surface area (Å²) in [5, 5.41) is 64.7. The molecule has 0 radical (unpaired) electrons. The molecule has 2 saturated heterocycles. The Bertz CT molecular complexity index is 1500. The molecule has 0 aromatic rings. The predicted molar refractivity (Wildman–Crippen MR) is 199 cm³/mol. The van der Waals surface area contributed by atoms with Gasteiger partial charge in [0.2, 0.25) is 5.78 Å². The highest BCUT2D eigenvalue weighted by atomic mass is 16.7. The van der Waals surface area contributed by atoms with Crippen LogP contribution in [-0.2, 0) is 38.1 Å². The number of esters is 1. The fourth-order valence-corrected chi connectivity index (χ4v) is 12.2. The SMILES string of the molecule is CC[C@@H](C(=O)C[C@@H](C)C1=C(O)C(=O)[C@@H]2[C@@H]3CC[C@H]4C[C@@H](O[C@@H]5O[C@H](C(=O)OC)[C@@H](O[C@H]6O[C@H](C)[C@@H](O)[C@H](O)[C@@H]6O)[C@H](O)[C@H]5O)CC[C@]4(C)[C@H]3CC[C@]12C)C(C)C. The number of rotatable bonds is 11. The van der Waals surface area contributed by atoms with Gasteiger partial charge in [0.05, 0.1) is 19.3 Å². The molecule has 0 amide bonds. The van der Waals surface area contributed by atoms with E-state index in [1.165, 1.54) is 6.92 Å². The first kappa shape index (κ1) is 43.6. The van der Waals surface area contributed by atoms with Crippen LogP contribution in [-0.4, -0.2) is 123 Å². The van der Waals surface area contributed by atoms with Crippen LogP contribution in [0.25, 0.3) is 0 Å². The van der Waals surface area contributed by atoms with Gasteiger partial charge in [-0.1, -0.05) is 41.5 Å². The molecule has 3 saturated carbocycles. The van der Waals surface area contributed by atoms with Gasteiger partial charge >= 0.3 is 5.97 Å². The molecule has 6 rings (SSSR count). The van der Waals surface area contributed by atoms with Gasteiger partial charge in [-0.15, -0.1) is 0 Å². The van der Waals surface area contributed by atoms with Gasteiger partial charge in [0.25, 0.3) is 0 Å². The third kappa shape index (κ3) is 7.42. The number of allylic oxidation sites excluding steroid dienone is 2. The lowest BCUT2D eigenvalue weighted by Gasteiger charge is -2.60. The molecule has 318 valence electrons. The van der Waals surface area contributed by atoms with Crippen LogP contribution in [0.3, 0.4) is 0 Å². The molecule has 56 heavy (non-hydrogen) atoms. The van der Waals surface area contributed by atoms with Crippen molar-refractivity contribution in [3.05, 3.63) is 11.3 Å². The molecule has 0 aromatic carbocycles. The molecule has 0 aromatic heterocycles. The van der Waals surface area contributed by atoms with Crippen LogP contribution >= 0.6 is 0 Å². The maximum absolute atomic E-state index is 14.0. The molecule has 0 spiro atoms. The first-order valence-corrected chi connectivity index (χ1v) is 20.9. The number of fused-ring (bicyclic) bond motifs is 5. The summed E-state index contributed by atoms with van der Waals surface area (Å²) in [6, 6.07) is 0. The van der Waals surface area contributed by atoms with Crippen LogP contribution in [0.5, 0.6) is 0 Å². The summed E-state index contributed by atoms with van der Waals surface area (Å²) in [5.41, 5.74) is 0.158. The van der Waals surface area contributed by atoms with Gasteiger partial charge in [-0.3, -0.25) is 9.59 Å². The molecule has 6 N–H and O–H groups in total. The first-order valence-electron chi connectivity index (χ1n) is 20.9. The highest BCUT2D eigenvalue weighted by Crippen LogP contribution is 2.67. The highest BCUT2D eigenvalue weighted by Gasteiger charge is 2.64. The summed E-state index contributed by atoms with van der Waals surface area (Å²) >= 11 is 0. The molecule has 6 aliphatic rings. The van der Waals surface area contributed by atoms with Gasteiger partial charge in [-0.05, 0) is 98.9 Å². The monoisotopic (exact) mass is 794 g/mol. The minimum Gasteiger partial charge on any atom is -0.504 e. The molecular formula is C42H66O14. The standard InChI is InChI=1S/C42H66O14/c1-9-23(18(2)3)26(43)16-19(4)27-30(45)31(46)28-24-11-10-21-17-22(12-14-41(21,6)25(24)13-15-42(27,28)7)54-40-35(50)33(48)36(37(56-40)38(51)52-8)55-39-34(49)32(47)29(44)20(5)53-39/h18-25,28-29,32-37,39-40,44-45,47-50H,9-17H2,1-8H3/t19-,20-,21+,22+,23-,24-,25+,28+,29-,32+,33-,34+,35-,36+,37+,39-,40-,41+,42-/m1/s1. The summed E-state index contributed by atoms with van der Waals surface area (Å²) < 4.78 is 28.4. The Labute approximate surface area is 330 Å². The van der Waals surface area contributed by atoms with E-state index in [2.05, 4.69) is 27.7 Å². The third-order valence-electron chi connectivity index (χ3n) is 15.2. The van der Waals surface area contributed by atoms with E-state index in [1.807, 2.05) is 13.8 Å². The van der Waals surface area contributed by atoms with E-state index in [1.54, 1.807) is 0 Å². The number of methoxy groups -OCH3 is 1. The predicted octanol–water partition coefficient (Wildman–Crippen LogP) is 3.13. The highest BCUT2D eigenvalue weighted by molar-refractivity contribution is 6.00. The van der Waals surface area contributed by atoms with Crippen molar-refractivity contribution in [2.24, 2.45) is 52.3 Å². The average Bonchev–Trinajstić information content (AvgIpc) is 3.36. The van der Waals surface area contributed by atoms with E-state index in [0.29, 0.717) is 19.3 Å². The second-order valence-electron chi connectivity index (χ2n) is 18.7. The Kier molecular flexibility index (Phi) is 12.9. The van der Waals surface area contributed by atoms with E-state index < -0.39 is 72.8 Å². The number of carbonyl (C=O) groups excluding carboxylic acids is 3. The number of ketones is 2. The molecule has 0 bridgehead atoms. The normalized spacial score (nSPS) is 46.5. The second-order valence-corrected chi connectivity index (χ2v) is 18.7. The number of hydrogen-bond donors (Lipinski definition) is 6. The van der Waals surface area contributed by atoms with Crippen molar-refractivity contribution >= 4 is 17.5 Å². The number of ether oxygens (including phenoxy) is 5. The van der Waals surface area contributed by atoms with Crippen molar-refractivity contribution in [3.63, 3.8) is 0 Å². The average molecular weight is 795 g/mol. The van der Waals surface area contributed by atoms with Crippen molar-refractivity contribution < 1.29 is 68.7 Å². The molecule has 14 nitrogen and oxygen atoms in total. The Morgan fingerprint density at radius 3 is 2.18 bits per heavy atom. The van der Waals surface area contributed by atoms with Gasteiger partial charge in [0.1, 0.15) is 42.4 Å². The molecule has 14 heteroatoms. The van der Waals surface area contributed by atoms with Gasteiger partial charge in [-0.2, -0.15) is 0 Å². The fourth-order valence-electron chi connectivity index (χ4n) is 12.2. The van der Waals surface area contributed by atoms with E-state index in [4.69, 9.17) is 23.7 Å². The quantitative estimate of drug-likeness (QED) is 0.131. The van der Waals surface area contributed by atoms with Gasteiger partial charge < -0.3 is 54.3 Å². The molecule has 0 unspecified atom stereocenters. The maximum Gasteiger partial charge on any atom is 0.337 e. The summed E-state index contributed by atoms with van der Waals surface area (Å²) in [6.45, 7) is 14.0. The zero-order valence-corrected chi connectivity index (χ0v) is 34.2. The van der Waals surface area contributed by atoms with Gasteiger partial charge in [0.15, 0.2) is 24.4 Å². The third-order valence-corrected chi connectivity index (χ3v) is 15.2. The minimum absolute atomic E-state index is 0.0445. The van der Waals surface area contributed by atoms with Crippen molar-refractivity contribution in [1.82, 2.24) is 0 Å². The van der Waals surface area contributed by atoms with E-state index in [0.717, 1.165) is 51.2 Å². The molecule has 5 fully saturated rings. The van der Waals surface area contributed by atoms with Crippen LogP contribution in [0.15, 0.2) is 11.3 Å². The molecule has 2 aliphatic heterocycles. The molecule has 4 aliphatic carbocycles. The molecular weight excluding hydrogens is 728 g/mol. The smallest absolute Gasteiger partial charge is 0.337 e. The number of aliphatic hydroxyl groups excluding tert-OH is 6. The van der Waals surface area contributed by atoms with E-state index >= 15 is 0 Å². The Balaban J connectivity index is 1.12. The zero-order chi connectivity index (χ0) is 41.2. The van der Waals surface area contributed by atoms with E-state index in [9.17, 15) is 45.0 Å².